The average molecular weight is 318 g/mol. The van der Waals surface area contributed by atoms with Gasteiger partial charge in [-0.1, -0.05) is 26.7 Å². The van der Waals surface area contributed by atoms with Gasteiger partial charge in [-0.2, -0.15) is 0 Å². The molecule has 0 aliphatic rings. The predicted octanol–water partition coefficient (Wildman–Crippen LogP) is 3.48. The fraction of sp³-hybridized carbons (Fsp3) is 0.500. The second-order valence-electron chi connectivity index (χ2n) is 5.70. The lowest BCUT2D eigenvalue weighted by molar-refractivity contribution is 0.260. The Kier molecular flexibility index (Phi) is 5.90. The number of nitrogens with zero attached hydrogens (tertiary/aromatic N) is 1. The molecule has 0 aliphatic heterocycles. The third-order valence-corrected chi connectivity index (χ3v) is 3.82. The molecule has 2 aromatic rings. The van der Waals surface area contributed by atoms with Crippen LogP contribution in [-0.2, 0) is 7.05 Å². The van der Waals surface area contributed by atoms with Gasteiger partial charge in [0.2, 0.25) is 5.75 Å². The van der Waals surface area contributed by atoms with Crippen LogP contribution in [0.3, 0.4) is 0 Å². The van der Waals surface area contributed by atoms with Gasteiger partial charge in [-0.25, -0.2) is 0 Å². The van der Waals surface area contributed by atoms with Crippen LogP contribution in [0.2, 0.25) is 0 Å². The van der Waals surface area contributed by atoms with E-state index in [2.05, 4.69) is 13.8 Å². The number of aromatic nitrogens is 1. The summed E-state index contributed by atoms with van der Waals surface area (Å²) in [7, 11) is 1.73. The summed E-state index contributed by atoms with van der Waals surface area (Å²) in [5.74, 6) is 0.835. The number of pyridine rings is 1. The minimum Gasteiger partial charge on any atom is -0.489 e. The molecule has 5 heteroatoms. The quantitative estimate of drug-likeness (QED) is 0.598. The highest BCUT2D eigenvalue weighted by Crippen LogP contribution is 2.33. The lowest BCUT2D eigenvalue weighted by atomic mass is 10.1. The topological polar surface area (TPSA) is 66.5 Å². The largest absolute Gasteiger partial charge is 0.489 e. The van der Waals surface area contributed by atoms with Crippen molar-refractivity contribution in [1.82, 2.24) is 4.57 Å². The van der Waals surface area contributed by atoms with Gasteiger partial charge < -0.3 is 19.8 Å². The Hall–Kier alpha value is -2.17. The van der Waals surface area contributed by atoms with Crippen molar-refractivity contribution in [3.63, 3.8) is 0 Å². The Morgan fingerprint density at radius 2 is 1.65 bits per heavy atom. The Bertz CT molecular complexity index is 722. The van der Waals surface area contributed by atoms with Gasteiger partial charge >= 0.3 is 0 Å². The number of rotatable bonds is 8. The number of nitrogen functional groups attached to an aromatic ring is 1. The number of hydrogen-bond acceptors (Lipinski definition) is 4. The van der Waals surface area contributed by atoms with Crippen LogP contribution in [0.15, 0.2) is 23.0 Å². The van der Waals surface area contributed by atoms with Gasteiger partial charge in [0.05, 0.1) is 18.7 Å². The van der Waals surface area contributed by atoms with Crippen molar-refractivity contribution < 1.29 is 9.47 Å². The molecule has 23 heavy (non-hydrogen) atoms. The lowest BCUT2D eigenvalue weighted by Crippen LogP contribution is -2.21. The molecule has 0 saturated carbocycles. The number of fused-ring (bicyclic) bond motifs is 1. The Morgan fingerprint density at radius 1 is 1.04 bits per heavy atom. The smallest absolute Gasteiger partial charge is 0.297 e. The third kappa shape index (κ3) is 3.78. The number of aryl methyl sites for hydroxylation is 1. The van der Waals surface area contributed by atoms with E-state index >= 15 is 0 Å². The zero-order chi connectivity index (χ0) is 16.8. The molecule has 0 amide bonds. The molecule has 5 nitrogen and oxygen atoms in total. The zero-order valence-corrected chi connectivity index (χ0v) is 14.2. The molecule has 0 bridgehead atoms. The van der Waals surface area contributed by atoms with Crippen LogP contribution in [0.5, 0.6) is 11.5 Å². The van der Waals surface area contributed by atoms with E-state index in [1.54, 1.807) is 17.7 Å². The monoisotopic (exact) mass is 318 g/mol. The minimum absolute atomic E-state index is 0.189. The van der Waals surface area contributed by atoms with Gasteiger partial charge in [-0.05, 0) is 31.0 Å². The van der Waals surface area contributed by atoms with Gasteiger partial charge in [0, 0.05) is 18.1 Å². The molecule has 0 radical (unpaired) electrons. The molecule has 1 heterocycles. The molecule has 0 atom stereocenters. The first-order chi connectivity index (χ1) is 11.1. The van der Waals surface area contributed by atoms with E-state index in [4.69, 9.17) is 15.2 Å². The summed E-state index contributed by atoms with van der Waals surface area (Å²) in [6.45, 7) is 5.26. The molecule has 0 aliphatic carbocycles. The summed E-state index contributed by atoms with van der Waals surface area (Å²) in [4.78, 5) is 12.7. The maximum atomic E-state index is 12.7. The van der Waals surface area contributed by atoms with E-state index in [-0.39, 0.29) is 5.56 Å². The van der Waals surface area contributed by atoms with E-state index in [9.17, 15) is 4.79 Å². The molecule has 2 rings (SSSR count). The van der Waals surface area contributed by atoms with Crippen LogP contribution in [-0.4, -0.2) is 17.8 Å². The Labute approximate surface area is 137 Å². The average Bonchev–Trinajstić information content (AvgIpc) is 2.55. The minimum atomic E-state index is -0.189. The number of unbranched alkanes of at least 4 members (excludes halogenated alkanes) is 2. The molecule has 0 fully saturated rings. The number of hydrogen-bond donors (Lipinski definition) is 1. The van der Waals surface area contributed by atoms with E-state index in [1.807, 2.05) is 12.1 Å². The summed E-state index contributed by atoms with van der Waals surface area (Å²) < 4.78 is 13.3. The maximum absolute atomic E-state index is 12.7. The van der Waals surface area contributed by atoms with Crippen molar-refractivity contribution in [2.45, 2.75) is 39.5 Å². The molecule has 0 saturated heterocycles. The van der Waals surface area contributed by atoms with E-state index in [0.29, 0.717) is 30.4 Å². The molecule has 1 aromatic carbocycles. The van der Waals surface area contributed by atoms with Crippen LogP contribution < -0.4 is 20.8 Å². The first-order valence-electron chi connectivity index (χ1n) is 8.28. The number of ether oxygens (including phenoxy) is 2. The zero-order valence-electron chi connectivity index (χ0n) is 14.2. The van der Waals surface area contributed by atoms with Crippen molar-refractivity contribution in [3.8, 4) is 11.5 Å². The Balaban J connectivity index is 2.55. The fourth-order valence-corrected chi connectivity index (χ4v) is 2.41. The van der Waals surface area contributed by atoms with E-state index in [0.717, 1.165) is 36.6 Å². The summed E-state index contributed by atoms with van der Waals surface area (Å²) in [6.07, 6.45) is 3.87. The second kappa shape index (κ2) is 7.90. The summed E-state index contributed by atoms with van der Waals surface area (Å²) in [6, 6.07) is 5.49. The lowest BCUT2D eigenvalue weighted by Gasteiger charge is -2.17. The molecule has 0 unspecified atom stereocenters. The van der Waals surface area contributed by atoms with Crippen molar-refractivity contribution in [2.24, 2.45) is 7.05 Å². The molecule has 1 aromatic heterocycles. The summed E-state index contributed by atoms with van der Waals surface area (Å²) in [5, 5.41) is 0.851. The molecule has 2 N–H and O–H groups in total. The number of nitrogens with two attached hydrogens (primary N) is 1. The highest BCUT2D eigenvalue weighted by atomic mass is 16.5. The van der Waals surface area contributed by atoms with Crippen LogP contribution in [0, 0.1) is 0 Å². The normalized spacial score (nSPS) is 10.9. The molecular formula is C18H26N2O3. The summed E-state index contributed by atoms with van der Waals surface area (Å²) >= 11 is 0. The highest BCUT2D eigenvalue weighted by molar-refractivity contribution is 5.90. The third-order valence-electron chi connectivity index (χ3n) is 3.82. The molecule has 126 valence electrons. The first-order valence-corrected chi connectivity index (χ1v) is 8.28. The fourth-order valence-electron chi connectivity index (χ4n) is 2.41. The maximum Gasteiger partial charge on any atom is 0.297 e. The standard InChI is InChI=1S/C18H26N2O3/c1-4-6-10-22-16-14-9-8-13(19)12-15(14)20(3)18(21)17(16)23-11-7-5-2/h8-9,12H,4-7,10-11,19H2,1-3H3. The van der Waals surface area contributed by atoms with Crippen LogP contribution >= 0.6 is 0 Å². The van der Waals surface area contributed by atoms with Gasteiger partial charge in [0.15, 0.2) is 5.75 Å². The van der Waals surface area contributed by atoms with Gasteiger partial charge in [0.1, 0.15) is 0 Å². The SMILES string of the molecule is CCCCOc1c(OCCCC)c2ccc(N)cc2n(C)c1=O. The first kappa shape index (κ1) is 17.2. The summed E-state index contributed by atoms with van der Waals surface area (Å²) in [5.41, 5.74) is 7.05. The van der Waals surface area contributed by atoms with Crippen molar-refractivity contribution in [3.05, 3.63) is 28.6 Å². The van der Waals surface area contributed by atoms with E-state index in [1.165, 1.54) is 0 Å². The van der Waals surface area contributed by atoms with Gasteiger partial charge in [0.25, 0.3) is 5.56 Å². The molecular weight excluding hydrogens is 292 g/mol. The van der Waals surface area contributed by atoms with Crippen LogP contribution in [0.25, 0.3) is 10.9 Å². The number of benzene rings is 1. The van der Waals surface area contributed by atoms with Crippen molar-refractivity contribution >= 4 is 16.6 Å². The van der Waals surface area contributed by atoms with Crippen molar-refractivity contribution in [2.75, 3.05) is 18.9 Å². The molecule has 0 spiro atoms. The van der Waals surface area contributed by atoms with E-state index < -0.39 is 0 Å². The van der Waals surface area contributed by atoms with Crippen LogP contribution in [0.1, 0.15) is 39.5 Å². The Morgan fingerprint density at radius 3 is 2.26 bits per heavy atom. The van der Waals surface area contributed by atoms with Crippen molar-refractivity contribution in [1.29, 1.82) is 0 Å². The van der Waals surface area contributed by atoms with Gasteiger partial charge in [-0.15, -0.1) is 0 Å². The number of anilines is 1. The highest BCUT2D eigenvalue weighted by Gasteiger charge is 2.18. The second-order valence-corrected chi connectivity index (χ2v) is 5.70. The van der Waals surface area contributed by atoms with Gasteiger partial charge in [-0.3, -0.25) is 4.79 Å². The van der Waals surface area contributed by atoms with Crippen LogP contribution in [0.4, 0.5) is 5.69 Å². The predicted molar refractivity (Wildman–Crippen MR) is 94.4 cm³/mol.